The zero-order chi connectivity index (χ0) is 15.5. The van der Waals surface area contributed by atoms with Gasteiger partial charge in [-0.2, -0.15) is 5.26 Å². The molecule has 0 fully saturated rings. The molecule has 0 aliphatic rings. The van der Waals surface area contributed by atoms with Crippen LogP contribution in [0.15, 0.2) is 29.6 Å². The normalized spacial score (nSPS) is 10.9. The summed E-state index contributed by atoms with van der Waals surface area (Å²) in [6, 6.07) is 8.88. The number of nitrogens with zero attached hydrogens (tertiary/aromatic N) is 1. The predicted octanol–water partition coefficient (Wildman–Crippen LogP) is 3.26. The van der Waals surface area contributed by atoms with Crippen molar-refractivity contribution in [1.82, 2.24) is 0 Å². The fraction of sp³-hybridized carbons (Fsp3) is 0.154. The fourth-order valence-electron chi connectivity index (χ4n) is 1.63. The summed E-state index contributed by atoms with van der Waals surface area (Å²) in [7, 11) is -3.35. The molecule has 1 heterocycles. The van der Waals surface area contributed by atoms with Gasteiger partial charge in [0.25, 0.3) is 0 Å². The Kier molecular flexibility index (Phi) is 4.73. The van der Waals surface area contributed by atoms with Crippen LogP contribution in [0.5, 0.6) is 0 Å². The van der Waals surface area contributed by atoms with Crippen molar-refractivity contribution in [3.05, 3.63) is 45.1 Å². The van der Waals surface area contributed by atoms with E-state index < -0.39 is 10.0 Å². The Morgan fingerprint density at radius 1 is 1.38 bits per heavy atom. The van der Waals surface area contributed by atoms with Crippen LogP contribution in [0.1, 0.15) is 10.4 Å². The molecular formula is C13H12ClN3O2S2. The number of halogens is 1. The summed E-state index contributed by atoms with van der Waals surface area (Å²) >= 11 is 7.54. The van der Waals surface area contributed by atoms with Gasteiger partial charge in [0, 0.05) is 22.5 Å². The second kappa shape index (κ2) is 6.35. The van der Waals surface area contributed by atoms with Crippen molar-refractivity contribution in [3.63, 3.8) is 0 Å². The molecule has 0 saturated heterocycles. The van der Waals surface area contributed by atoms with E-state index in [1.807, 2.05) is 6.07 Å². The molecule has 0 spiro atoms. The van der Waals surface area contributed by atoms with Gasteiger partial charge in [0.15, 0.2) is 0 Å². The van der Waals surface area contributed by atoms with E-state index in [2.05, 4.69) is 16.1 Å². The molecule has 0 amide bonds. The van der Waals surface area contributed by atoms with Crippen LogP contribution in [0.3, 0.4) is 0 Å². The molecule has 0 bridgehead atoms. The molecule has 2 rings (SSSR count). The number of benzene rings is 1. The lowest BCUT2D eigenvalue weighted by Crippen LogP contribution is -2.10. The third-order valence-electron chi connectivity index (χ3n) is 2.51. The summed E-state index contributed by atoms with van der Waals surface area (Å²) in [6.45, 7) is 0.571. The molecule has 8 heteroatoms. The smallest absolute Gasteiger partial charge is 0.229 e. The summed E-state index contributed by atoms with van der Waals surface area (Å²) in [5.41, 5.74) is 1.75. The van der Waals surface area contributed by atoms with Gasteiger partial charge in [0.1, 0.15) is 6.07 Å². The maximum Gasteiger partial charge on any atom is 0.229 e. The molecular weight excluding hydrogens is 330 g/mol. The lowest BCUT2D eigenvalue weighted by Gasteiger charge is -2.09. The average Bonchev–Trinajstić information content (AvgIpc) is 2.86. The zero-order valence-corrected chi connectivity index (χ0v) is 13.4. The molecule has 0 atom stereocenters. The number of nitriles is 1. The highest BCUT2D eigenvalue weighted by Gasteiger charge is 2.07. The summed E-state index contributed by atoms with van der Waals surface area (Å²) in [6.07, 6.45) is 1.07. The van der Waals surface area contributed by atoms with Crippen molar-refractivity contribution in [2.24, 2.45) is 0 Å². The van der Waals surface area contributed by atoms with Crippen molar-refractivity contribution in [3.8, 4) is 6.07 Å². The van der Waals surface area contributed by atoms with E-state index in [-0.39, 0.29) is 0 Å². The maximum absolute atomic E-state index is 11.2. The molecule has 1 aromatic carbocycles. The van der Waals surface area contributed by atoms with E-state index in [0.29, 0.717) is 22.8 Å². The number of sulfonamides is 1. The molecule has 0 unspecified atom stereocenters. The highest BCUT2D eigenvalue weighted by Crippen LogP contribution is 2.26. The first-order valence-corrected chi connectivity index (χ1v) is 9.01. The van der Waals surface area contributed by atoms with Gasteiger partial charge in [-0.15, -0.1) is 11.3 Å². The van der Waals surface area contributed by atoms with E-state index in [0.717, 1.165) is 16.8 Å². The van der Waals surface area contributed by atoms with Gasteiger partial charge in [-0.05, 0) is 24.3 Å². The van der Waals surface area contributed by atoms with Gasteiger partial charge in [0.05, 0.1) is 22.5 Å². The maximum atomic E-state index is 11.2. The first-order chi connectivity index (χ1) is 9.87. The lowest BCUT2D eigenvalue weighted by molar-refractivity contribution is 0.607. The number of nitrogens with one attached hydrogen (secondary N) is 2. The number of rotatable bonds is 5. The Bertz CT molecular complexity index is 794. The minimum Gasteiger partial charge on any atom is -0.380 e. The first kappa shape index (κ1) is 15.6. The molecule has 5 nitrogen and oxygen atoms in total. The van der Waals surface area contributed by atoms with Crippen LogP contribution in [0.25, 0.3) is 0 Å². The van der Waals surface area contributed by atoms with E-state index in [1.54, 1.807) is 23.6 Å². The van der Waals surface area contributed by atoms with Crippen molar-refractivity contribution in [2.45, 2.75) is 6.54 Å². The molecule has 0 aliphatic heterocycles. The van der Waals surface area contributed by atoms with E-state index >= 15 is 0 Å². The van der Waals surface area contributed by atoms with Crippen LogP contribution in [0.2, 0.25) is 5.02 Å². The van der Waals surface area contributed by atoms with Crippen LogP contribution in [-0.4, -0.2) is 14.7 Å². The zero-order valence-electron chi connectivity index (χ0n) is 11.1. The number of hydrogen-bond acceptors (Lipinski definition) is 5. The molecule has 0 saturated carbocycles. The Morgan fingerprint density at radius 2 is 2.14 bits per heavy atom. The number of anilines is 2. The SMILES string of the molecule is CS(=O)(=O)Nc1ccc(NCc2cc(C#N)cs2)cc1Cl. The largest absolute Gasteiger partial charge is 0.380 e. The summed E-state index contributed by atoms with van der Waals surface area (Å²) in [5, 5.41) is 14.0. The minimum atomic E-state index is -3.35. The van der Waals surface area contributed by atoms with Crippen molar-refractivity contribution in [2.75, 3.05) is 16.3 Å². The van der Waals surface area contributed by atoms with Crippen LogP contribution < -0.4 is 10.0 Å². The highest BCUT2D eigenvalue weighted by molar-refractivity contribution is 7.92. The van der Waals surface area contributed by atoms with Gasteiger partial charge in [-0.25, -0.2) is 8.42 Å². The Hall–Kier alpha value is -1.75. The summed E-state index contributed by atoms with van der Waals surface area (Å²) < 4.78 is 24.7. The highest BCUT2D eigenvalue weighted by atomic mass is 35.5. The summed E-state index contributed by atoms with van der Waals surface area (Å²) in [4.78, 5) is 1.03. The molecule has 2 N–H and O–H groups in total. The molecule has 0 radical (unpaired) electrons. The summed E-state index contributed by atoms with van der Waals surface area (Å²) in [5.74, 6) is 0. The van der Waals surface area contributed by atoms with Crippen LogP contribution in [0.4, 0.5) is 11.4 Å². The fourth-order valence-corrected chi connectivity index (χ4v) is 3.24. The average molecular weight is 342 g/mol. The van der Waals surface area contributed by atoms with Gasteiger partial charge in [-0.3, -0.25) is 4.72 Å². The van der Waals surface area contributed by atoms with Crippen LogP contribution in [0, 0.1) is 11.3 Å². The van der Waals surface area contributed by atoms with Crippen LogP contribution in [-0.2, 0) is 16.6 Å². The van der Waals surface area contributed by atoms with Crippen molar-refractivity contribution >= 4 is 44.3 Å². The first-order valence-electron chi connectivity index (χ1n) is 5.86. The Morgan fingerprint density at radius 3 is 2.71 bits per heavy atom. The third-order valence-corrected chi connectivity index (χ3v) is 4.35. The monoisotopic (exact) mass is 341 g/mol. The topological polar surface area (TPSA) is 82.0 Å². The third kappa shape index (κ3) is 4.63. The molecule has 1 aromatic heterocycles. The lowest BCUT2D eigenvalue weighted by atomic mass is 10.2. The van der Waals surface area contributed by atoms with Gasteiger partial charge >= 0.3 is 0 Å². The van der Waals surface area contributed by atoms with Crippen LogP contribution >= 0.6 is 22.9 Å². The Balaban J connectivity index is 2.05. The van der Waals surface area contributed by atoms with E-state index in [9.17, 15) is 8.42 Å². The molecule has 21 heavy (non-hydrogen) atoms. The van der Waals surface area contributed by atoms with Crippen molar-refractivity contribution in [1.29, 1.82) is 5.26 Å². The van der Waals surface area contributed by atoms with E-state index in [1.165, 1.54) is 11.3 Å². The van der Waals surface area contributed by atoms with E-state index in [4.69, 9.17) is 16.9 Å². The number of thiophene rings is 1. The predicted molar refractivity (Wildman–Crippen MR) is 86.3 cm³/mol. The minimum absolute atomic E-state index is 0.314. The van der Waals surface area contributed by atoms with Gasteiger partial charge in [-0.1, -0.05) is 11.6 Å². The Labute approximate surface area is 132 Å². The molecule has 2 aromatic rings. The molecule has 110 valence electrons. The van der Waals surface area contributed by atoms with Gasteiger partial charge < -0.3 is 5.32 Å². The quantitative estimate of drug-likeness (QED) is 0.874. The molecule has 0 aliphatic carbocycles. The second-order valence-corrected chi connectivity index (χ2v) is 7.49. The van der Waals surface area contributed by atoms with Gasteiger partial charge in [0.2, 0.25) is 10.0 Å². The van der Waals surface area contributed by atoms with Crippen molar-refractivity contribution < 1.29 is 8.42 Å². The number of hydrogen-bond donors (Lipinski definition) is 2. The standard InChI is InChI=1S/C13H12ClN3O2S2/c1-21(18,19)17-13-3-2-10(5-12(13)14)16-7-11-4-9(6-15)8-20-11/h2-5,8,16-17H,7H2,1H3. The second-order valence-electron chi connectivity index (χ2n) is 4.34.